The molecule has 0 aliphatic heterocycles. The summed E-state index contributed by atoms with van der Waals surface area (Å²) in [6, 6.07) is 19.7. The van der Waals surface area contributed by atoms with Gasteiger partial charge in [-0.25, -0.2) is 18.4 Å². The molecule has 30 heavy (non-hydrogen) atoms. The summed E-state index contributed by atoms with van der Waals surface area (Å²) in [5.74, 6) is 0.473. The molecule has 0 amide bonds. The van der Waals surface area contributed by atoms with E-state index in [1.165, 1.54) is 12.1 Å². The van der Waals surface area contributed by atoms with Gasteiger partial charge in [-0.3, -0.25) is 4.72 Å². The van der Waals surface area contributed by atoms with Crippen molar-refractivity contribution in [2.75, 3.05) is 10.0 Å². The lowest BCUT2D eigenvalue weighted by atomic mass is 10.1. The fourth-order valence-corrected chi connectivity index (χ4v) is 4.23. The van der Waals surface area contributed by atoms with Gasteiger partial charge in [0.05, 0.1) is 15.9 Å². The first-order chi connectivity index (χ1) is 14.3. The van der Waals surface area contributed by atoms with Crippen molar-refractivity contribution in [2.45, 2.75) is 18.7 Å². The number of rotatable bonds is 5. The number of hydrogen-bond donors (Lipinski definition) is 2. The van der Waals surface area contributed by atoms with Crippen LogP contribution in [0.5, 0.6) is 0 Å². The number of aryl methyl sites for hydroxylation is 2. The molecule has 8 heteroatoms. The quantitative estimate of drug-likeness (QED) is 0.389. The number of nitrogens with one attached hydrogen (secondary N) is 2. The molecule has 0 unspecified atom stereocenters. The Morgan fingerprint density at radius 2 is 1.47 bits per heavy atom. The van der Waals surface area contributed by atoms with Gasteiger partial charge in [-0.2, -0.15) is 0 Å². The second-order valence-corrected chi connectivity index (χ2v) is 9.51. The number of anilines is 3. The Morgan fingerprint density at radius 1 is 0.833 bits per heavy atom. The predicted octanol–water partition coefficient (Wildman–Crippen LogP) is 5.55. The molecule has 3 aromatic carbocycles. The minimum atomic E-state index is -3.85. The Hall–Kier alpha value is -2.97. The molecule has 0 fully saturated rings. The van der Waals surface area contributed by atoms with Gasteiger partial charge in [-0.05, 0) is 67.4 Å². The number of nitrogens with zero attached hydrogens (tertiary/aromatic N) is 2. The van der Waals surface area contributed by atoms with Gasteiger partial charge in [0.2, 0.25) is 0 Å². The van der Waals surface area contributed by atoms with Crippen LogP contribution in [0.25, 0.3) is 11.0 Å². The van der Waals surface area contributed by atoms with Crippen LogP contribution in [-0.2, 0) is 10.0 Å². The molecular weight excluding hydrogens is 464 g/mol. The molecule has 0 aliphatic rings. The average molecular weight is 483 g/mol. The smallest absolute Gasteiger partial charge is 0.263 e. The van der Waals surface area contributed by atoms with Gasteiger partial charge in [0.25, 0.3) is 10.0 Å². The van der Waals surface area contributed by atoms with Gasteiger partial charge in [-0.1, -0.05) is 40.2 Å². The molecule has 0 saturated heterocycles. The summed E-state index contributed by atoms with van der Waals surface area (Å²) in [6.07, 6.45) is 0. The topological polar surface area (TPSA) is 84.0 Å². The van der Waals surface area contributed by atoms with Crippen LogP contribution in [0, 0.1) is 13.8 Å². The Labute approximate surface area is 183 Å². The molecule has 1 aromatic heterocycles. The van der Waals surface area contributed by atoms with E-state index in [-0.39, 0.29) is 10.7 Å². The molecule has 152 valence electrons. The highest BCUT2D eigenvalue weighted by molar-refractivity contribution is 9.10. The number of aromatic nitrogens is 2. The van der Waals surface area contributed by atoms with E-state index in [1.807, 2.05) is 50.2 Å². The van der Waals surface area contributed by atoms with Crippen molar-refractivity contribution in [2.24, 2.45) is 0 Å². The number of sulfonamides is 1. The van der Waals surface area contributed by atoms with Crippen LogP contribution in [0.1, 0.15) is 11.1 Å². The van der Waals surface area contributed by atoms with E-state index in [1.54, 1.807) is 18.2 Å². The van der Waals surface area contributed by atoms with Gasteiger partial charge in [0, 0.05) is 10.2 Å². The number of fused-ring (bicyclic) bond motifs is 1. The van der Waals surface area contributed by atoms with Crippen LogP contribution in [0.2, 0.25) is 0 Å². The van der Waals surface area contributed by atoms with Gasteiger partial charge in [0.15, 0.2) is 11.6 Å². The molecule has 0 aliphatic carbocycles. The van der Waals surface area contributed by atoms with Crippen LogP contribution in [0.3, 0.4) is 0 Å². The lowest BCUT2D eigenvalue weighted by Crippen LogP contribution is -2.16. The van der Waals surface area contributed by atoms with Crippen molar-refractivity contribution in [3.05, 3.63) is 82.3 Å². The zero-order valence-electron chi connectivity index (χ0n) is 16.3. The Bertz CT molecular complexity index is 1340. The highest BCUT2D eigenvalue weighted by atomic mass is 79.9. The third kappa shape index (κ3) is 4.29. The second-order valence-electron chi connectivity index (χ2n) is 6.91. The third-order valence-corrected chi connectivity index (χ3v) is 6.46. The molecule has 1 heterocycles. The van der Waals surface area contributed by atoms with E-state index in [0.29, 0.717) is 16.9 Å². The molecule has 4 aromatic rings. The van der Waals surface area contributed by atoms with E-state index in [2.05, 4.69) is 35.9 Å². The lowest BCUT2D eigenvalue weighted by Gasteiger charge is -2.15. The van der Waals surface area contributed by atoms with E-state index in [9.17, 15) is 8.42 Å². The Balaban J connectivity index is 1.80. The minimum absolute atomic E-state index is 0.137. The maximum atomic E-state index is 13.0. The number of hydrogen-bond acceptors (Lipinski definition) is 5. The van der Waals surface area contributed by atoms with Crippen molar-refractivity contribution in [3.63, 3.8) is 0 Å². The first kappa shape index (κ1) is 20.3. The Morgan fingerprint density at radius 3 is 2.13 bits per heavy atom. The van der Waals surface area contributed by atoms with Crippen molar-refractivity contribution in [1.82, 2.24) is 9.97 Å². The summed E-state index contributed by atoms with van der Waals surface area (Å²) >= 11 is 3.32. The zero-order chi connectivity index (χ0) is 21.3. The summed E-state index contributed by atoms with van der Waals surface area (Å²) < 4.78 is 29.3. The molecule has 0 radical (unpaired) electrons. The van der Waals surface area contributed by atoms with E-state index in [0.717, 1.165) is 21.3 Å². The third-order valence-electron chi connectivity index (χ3n) is 4.57. The lowest BCUT2D eigenvalue weighted by molar-refractivity contribution is 0.601. The summed E-state index contributed by atoms with van der Waals surface area (Å²) in [7, 11) is -3.85. The van der Waals surface area contributed by atoms with Gasteiger partial charge < -0.3 is 5.32 Å². The van der Waals surface area contributed by atoms with E-state index in [4.69, 9.17) is 0 Å². The van der Waals surface area contributed by atoms with Gasteiger partial charge >= 0.3 is 0 Å². The van der Waals surface area contributed by atoms with Gasteiger partial charge in [-0.15, -0.1) is 0 Å². The molecule has 0 saturated carbocycles. The van der Waals surface area contributed by atoms with Crippen LogP contribution < -0.4 is 10.0 Å². The summed E-state index contributed by atoms with van der Waals surface area (Å²) in [5, 5.41) is 3.25. The van der Waals surface area contributed by atoms with Gasteiger partial charge in [0.1, 0.15) is 0 Å². The standard InChI is InChI=1S/C22H19BrN4O2S/c1-14-7-8-15(2)20(13-14)26-21-22(25-19-6-4-3-5-18(19)24-21)27-30(28,29)17-11-9-16(23)10-12-17/h3-13H,1-2H3,(H,24,26)(H,25,27). The first-order valence-electron chi connectivity index (χ1n) is 9.21. The number of para-hydroxylation sites is 2. The zero-order valence-corrected chi connectivity index (χ0v) is 18.8. The van der Waals surface area contributed by atoms with Crippen molar-refractivity contribution in [1.29, 1.82) is 0 Å². The maximum Gasteiger partial charge on any atom is 0.263 e. The second kappa shape index (κ2) is 8.04. The number of halogens is 1. The summed E-state index contributed by atoms with van der Waals surface area (Å²) in [4.78, 5) is 9.29. The molecular formula is C22H19BrN4O2S. The molecule has 4 rings (SSSR count). The van der Waals surface area contributed by atoms with Crippen LogP contribution >= 0.6 is 15.9 Å². The average Bonchev–Trinajstić information content (AvgIpc) is 2.71. The maximum absolute atomic E-state index is 13.0. The van der Waals surface area contributed by atoms with Crippen LogP contribution in [-0.4, -0.2) is 18.4 Å². The SMILES string of the molecule is Cc1ccc(C)c(Nc2nc3ccccc3nc2NS(=O)(=O)c2ccc(Br)cc2)c1. The highest BCUT2D eigenvalue weighted by Crippen LogP contribution is 2.29. The van der Waals surface area contributed by atoms with Crippen LogP contribution in [0.15, 0.2) is 76.1 Å². The van der Waals surface area contributed by atoms with Crippen molar-refractivity contribution in [3.8, 4) is 0 Å². The first-order valence-corrected chi connectivity index (χ1v) is 11.5. The fraction of sp³-hybridized carbons (Fsp3) is 0.0909. The molecule has 6 nitrogen and oxygen atoms in total. The Kier molecular flexibility index (Phi) is 5.44. The molecule has 0 spiro atoms. The van der Waals surface area contributed by atoms with Crippen molar-refractivity contribution < 1.29 is 8.42 Å². The van der Waals surface area contributed by atoms with E-state index >= 15 is 0 Å². The monoisotopic (exact) mass is 482 g/mol. The highest BCUT2D eigenvalue weighted by Gasteiger charge is 2.19. The van der Waals surface area contributed by atoms with Crippen LogP contribution in [0.4, 0.5) is 17.3 Å². The molecule has 2 N–H and O–H groups in total. The van der Waals surface area contributed by atoms with E-state index < -0.39 is 10.0 Å². The minimum Gasteiger partial charge on any atom is -0.337 e. The summed E-state index contributed by atoms with van der Waals surface area (Å²) in [6.45, 7) is 3.97. The number of benzene rings is 3. The molecule has 0 atom stereocenters. The predicted molar refractivity (Wildman–Crippen MR) is 124 cm³/mol. The molecule has 0 bridgehead atoms. The van der Waals surface area contributed by atoms with Crippen molar-refractivity contribution >= 4 is 54.3 Å². The fourth-order valence-electron chi connectivity index (χ4n) is 2.96. The normalized spacial score (nSPS) is 11.4. The summed E-state index contributed by atoms with van der Waals surface area (Å²) in [5.41, 5.74) is 4.18. The largest absolute Gasteiger partial charge is 0.337 e.